The van der Waals surface area contributed by atoms with Gasteiger partial charge in [-0.1, -0.05) is 37.6 Å². The quantitative estimate of drug-likeness (QED) is 0.0860. The van der Waals surface area contributed by atoms with Crippen molar-refractivity contribution in [2.45, 2.75) is 81.1 Å². The van der Waals surface area contributed by atoms with Crippen LogP contribution in [0.4, 0.5) is 32.8 Å². The Kier molecular flexibility index (Phi) is 15.1. The molecule has 2 unspecified atom stereocenters. The van der Waals surface area contributed by atoms with Crippen molar-refractivity contribution < 1.29 is 47.0 Å². The number of alkyl halides is 1. The number of pyridine rings is 1. The molecule has 11 rings (SSSR count). The molecule has 1 aliphatic carbocycles. The molecule has 0 spiro atoms. The number of quaternary nitrogens is 1. The number of amides is 1. The van der Waals surface area contributed by atoms with Crippen LogP contribution >= 0.6 is 11.6 Å². The SMILES string of the molecule is CC1(C)CC(c2ccc(Cl)cc2)=C2CN3CCN(c4ccc(C(=O)NS(=O)(=O)c5ccc(NCC6(F)CCN(C7COC7)CC6)c([NH+]([O-])O)c5)c(N5CCCOc6nc7[nH]ccc7cc65)c4)CC3COCCCO[C@@H]2C1. The van der Waals surface area contributed by atoms with Crippen molar-refractivity contribution in [1.82, 2.24) is 24.5 Å². The number of hydrogen-bond donors (Lipinski definition) is 5. The number of likely N-dealkylation sites (tertiary alicyclic amines) is 1. The van der Waals surface area contributed by atoms with Crippen LogP contribution in [0.25, 0.3) is 16.6 Å². The average molecular weight is 1080 g/mol. The minimum atomic E-state index is -4.66. The van der Waals surface area contributed by atoms with Gasteiger partial charge in [0.15, 0.2) is 5.69 Å². The highest BCUT2D eigenvalue weighted by molar-refractivity contribution is 7.90. The van der Waals surface area contributed by atoms with Gasteiger partial charge in [-0.15, -0.1) is 0 Å². The molecule has 0 radical (unpaired) electrons. The monoisotopic (exact) mass is 1080 g/mol. The highest BCUT2D eigenvalue weighted by Gasteiger charge is 2.41. The second-order valence-electron chi connectivity index (χ2n) is 21.9. The Hall–Kier alpha value is -5.39. The van der Waals surface area contributed by atoms with Crippen LogP contribution in [0, 0.1) is 10.6 Å². The number of halogens is 2. The van der Waals surface area contributed by atoms with Crippen LogP contribution in [0.15, 0.2) is 89.5 Å². The molecule has 4 fully saturated rings. The number of piperazine rings is 1. The summed E-state index contributed by atoms with van der Waals surface area (Å²) >= 11 is 6.38. The maximum absolute atomic E-state index is 16.0. The van der Waals surface area contributed by atoms with Crippen molar-refractivity contribution in [1.29, 1.82) is 0 Å². The smallest absolute Gasteiger partial charge is 0.267 e. The van der Waals surface area contributed by atoms with E-state index in [1.807, 2.05) is 41.3 Å². The predicted octanol–water partition coefficient (Wildman–Crippen LogP) is 6.84. The Labute approximate surface area is 447 Å². The van der Waals surface area contributed by atoms with Gasteiger partial charge in [0.2, 0.25) is 5.88 Å². The Bertz CT molecular complexity index is 3080. The third kappa shape index (κ3) is 11.3. The summed E-state index contributed by atoms with van der Waals surface area (Å²) < 4.78 is 71.3. The van der Waals surface area contributed by atoms with E-state index in [1.54, 1.807) is 12.3 Å². The van der Waals surface area contributed by atoms with Crippen LogP contribution in [-0.4, -0.2) is 155 Å². The van der Waals surface area contributed by atoms with Crippen LogP contribution < -0.4 is 29.8 Å². The summed E-state index contributed by atoms with van der Waals surface area (Å²) in [5.74, 6) is -0.551. The van der Waals surface area contributed by atoms with E-state index >= 15 is 4.39 Å². The molecule has 6 aliphatic rings. The first-order chi connectivity index (χ1) is 36.6. The first kappa shape index (κ1) is 52.7. The number of nitrogens with one attached hydrogen (secondary N) is 4. The average Bonchev–Trinajstić information content (AvgIpc) is 3.73. The fraction of sp³-hybridized carbons (Fsp3) is 0.491. The number of benzene rings is 3. The van der Waals surface area contributed by atoms with Gasteiger partial charge in [-0.3, -0.25) is 14.6 Å². The number of nitrogens with zero attached hydrogens (tertiary/aromatic N) is 5. The molecule has 76 heavy (non-hydrogen) atoms. The molecule has 4 saturated heterocycles. The summed E-state index contributed by atoms with van der Waals surface area (Å²) in [5.41, 5.74) is 4.49. The van der Waals surface area contributed by atoms with E-state index < -0.39 is 31.7 Å². The van der Waals surface area contributed by atoms with Crippen LogP contribution in [0.1, 0.15) is 68.3 Å². The molecule has 5 aliphatic heterocycles. The van der Waals surface area contributed by atoms with Gasteiger partial charge in [0.05, 0.1) is 66.4 Å². The number of fused-ring (bicyclic) bond motifs is 4. The Morgan fingerprint density at radius 1 is 0.921 bits per heavy atom. The first-order valence-corrected chi connectivity index (χ1v) is 28.3. The Morgan fingerprint density at radius 3 is 2.50 bits per heavy atom. The molecule has 21 heteroatoms. The molecule has 7 heterocycles. The minimum Gasteiger partial charge on any atom is -0.595 e. The highest BCUT2D eigenvalue weighted by Crippen LogP contribution is 2.46. The van der Waals surface area contributed by atoms with Crippen LogP contribution in [-0.2, 0) is 24.2 Å². The normalized spacial score (nSPS) is 23.2. The zero-order valence-corrected chi connectivity index (χ0v) is 44.6. The molecule has 3 atom stereocenters. The molecule has 3 aromatic carbocycles. The summed E-state index contributed by atoms with van der Waals surface area (Å²) in [5, 5.41) is 26.0. The molecule has 1 amide bonds. The fourth-order valence-corrected chi connectivity index (χ4v) is 12.8. The van der Waals surface area contributed by atoms with Crippen LogP contribution in [0.2, 0.25) is 5.02 Å². The van der Waals surface area contributed by atoms with Gasteiger partial charge in [-0.25, -0.2) is 22.7 Å². The van der Waals surface area contributed by atoms with Gasteiger partial charge in [-0.05, 0) is 115 Å². The van der Waals surface area contributed by atoms with Crippen molar-refractivity contribution in [3.8, 4) is 5.88 Å². The van der Waals surface area contributed by atoms with Crippen molar-refractivity contribution >= 4 is 72.6 Å². The molecule has 406 valence electrons. The highest BCUT2D eigenvalue weighted by atomic mass is 35.5. The molecule has 5 N–H and O–H groups in total. The number of H-pyrrole nitrogens is 1. The zero-order valence-electron chi connectivity index (χ0n) is 43.0. The summed E-state index contributed by atoms with van der Waals surface area (Å²) in [6, 6.07) is 21.2. The largest absolute Gasteiger partial charge is 0.595 e. The van der Waals surface area contributed by atoms with E-state index in [4.69, 9.17) is 35.5 Å². The maximum atomic E-state index is 16.0. The van der Waals surface area contributed by atoms with Gasteiger partial charge in [-0.2, -0.15) is 10.2 Å². The van der Waals surface area contributed by atoms with E-state index in [1.165, 1.54) is 23.3 Å². The van der Waals surface area contributed by atoms with Gasteiger partial charge < -0.3 is 44.3 Å². The molecule has 0 saturated carbocycles. The molecule has 2 aromatic heterocycles. The number of aromatic nitrogens is 2. The van der Waals surface area contributed by atoms with Crippen LogP contribution in [0.5, 0.6) is 5.88 Å². The van der Waals surface area contributed by atoms with E-state index in [2.05, 4.69) is 55.7 Å². The second-order valence-corrected chi connectivity index (χ2v) is 24.0. The topological polar surface area (TPSA) is 202 Å². The van der Waals surface area contributed by atoms with E-state index in [0.29, 0.717) is 126 Å². The Balaban J connectivity index is 0.881. The molecular weight excluding hydrogens is 1020 g/mol. The fourth-order valence-electron chi connectivity index (χ4n) is 11.7. The molecular formula is C55H67ClFN9O9S. The number of ether oxygens (including phenoxy) is 4. The summed E-state index contributed by atoms with van der Waals surface area (Å²) in [7, 11) is -4.66. The Morgan fingerprint density at radius 2 is 1.72 bits per heavy atom. The number of hydrogen-bond acceptors (Lipinski definition) is 15. The van der Waals surface area contributed by atoms with Gasteiger partial charge >= 0.3 is 0 Å². The summed E-state index contributed by atoms with van der Waals surface area (Å²) in [4.78, 5) is 31.2. The van der Waals surface area contributed by atoms with Gasteiger partial charge in [0.25, 0.3) is 15.9 Å². The zero-order chi connectivity index (χ0) is 52.8. The van der Waals surface area contributed by atoms with E-state index in [-0.39, 0.29) is 53.9 Å². The van der Waals surface area contributed by atoms with Crippen molar-refractivity contribution in [2.75, 3.05) is 107 Å². The third-order valence-electron chi connectivity index (χ3n) is 16.0. The minimum absolute atomic E-state index is 0.00234. The predicted molar refractivity (Wildman–Crippen MR) is 288 cm³/mol. The van der Waals surface area contributed by atoms with Crippen LogP contribution in [0.3, 0.4) is 0 Å². The number of anilines is 4. The number of piperidine rings is 1. The lowest BCUT2D eigenvalue weighted by atomic mass is 9.71. The standard InChI is InChI=1S/C55H67ClFN9O9S/c1-54(2)28-44(36-5-7-38(56)8-6-36)45-31-64-21-20-63(30-40(64)32-72-22-4-24-74-50(45)29-54)39-9-11-43(47(26-39)65-17-3-23-75-53-49(65)25-37-13-16-58-51(37)60-53)52(67)61-76(70,71)42-10-12-46(48(27-42)66(68)69)59-35-55(57)14-18-62(19-15-55)41-33-73-34-41/h5-13,16,25-27,40-41,50,59,66,68H,3-4,14-15,17-24,28-35H2,1-2H3,(H,58,60)(H,61,67)/t40?,50-/m1/s1. The van der Waals surface area contributed by atoms with Crippen molar-refractivity contribution in [3.63, 3.8) is 0 Å². The number of sulfonamides is 1. The lowest BCUT2D eigenvalue weighted by Gasteiger charge is -2.45. The second kappa shape index (κ2) is 21.8. The lowest BCUT2D eigenvalue weighted by molar-refractivity contribution is -0.990. The van der Waals surface area contributed by atoms with E-state index in [0.717, 1.165) is 42.0 Å². The van der Waals surface area contributed by atoms with Gasteiger partial charge in [0, 0.05) is 93.9 Å². The van der Waals surface area contributed by atoms with E-state index in [9.17, 15) is 23.6 Å². The molecule has 0 bridgehead atoms. The lowest BCUT2D eigenvalue weighted by Crippen LogP contribution is -2.99. The summed E-state index contributed by atoms with van der Waals surface area (Å²) in [6.45, 7) is 12.0. The number of aromatic amines is 1. The molecule has 5 aromatic rings. The maximum Gasteiger partial charge on any atom is 0.267 e. The number of allylic oxidation sites excluding steroid dienone is 1. The third-order valence-corrected chi connectivity index (χ3v) is 17.6. The summed E-state index contributed by atoms with van der Waals surface area (Å²) in [6.07, 6.45) is 5.43. The van der Waals surface area contributed by atoms with Crippen molar-refractivity contribution in [2.24, 2.45) is 5.41 Å². The van der Waals surface area contributed by atoms with Crippen molar-refractivity contribution in [3.05, 3.63) is 106 Å². The molecule has 18 nitrogen and oxygen atoms in total. The first-order valence-electron chi connectivity index (χ1n) is 26.5. The van der Waals surface area contributed by atoms with Gasteiger partial charge in [0.1, 0.15) is 17.0 Å². The number of rotatable bonds is 11. The number of carbonyl (C=O) groups excluding carboxylic acids is 1. The number of carbonyl (C=O) groups is 1.